The van der Waals surface area contributed by atoms with Crippen LogP contribution >= 0.6 is 23.4 Å². The lowest BCUT2D eigenvalue weighted by Gasteiger charge is -2.20. The number of nitrogens with zero attached hydrogens (tertiary/aromatic N) is 3. The van der Waals surface area contributed by atoms with Crippen LogP contribution in [0.25, 0.3) is 10.9 Å². The van der Waals surface area contributed by atoms with Crippen LogP contribution in [0.15, 0.2) is 59.9 Å². The summed E-state index contributed by atoms with van der Waals surface area (Å²) in [6.45, 7) is 2.11. The fourth-order valence-electron chi connectivity index (χ4n) is 3.04. The zero-order valence-electron chi connectivity index (χ0n) is 12.5. The van der Waals surface area contributed by atoms with Crippen LogP contribution in [0.2, 0.25) is 5.02 Å². The van der Waals surface area contributed by atoms with Gasteiger partial charge in [-0.05, 0) is 36.8 Å². The van der Waals surface area contributed by atoms with Gasteiger partial charge < -0.3 is 4.90 Å². The Morgan fingerprint density at radius 1 is 1.17 bits per heavy atom. The summed E-state index contributed by atoms with van der Waals surface area (Å²) in [4.78, 5) is 12.3. The first-order valence-corrected chi connectivity index (χ1v) is 8.91. The minimum absolute atomic E-state index is 0.582. The van der Waals surface area contributed by atoms with Crippen LogP contribution < -0.4 is 4.90 Å². The van der Waals surface area contributed by atoms with E-state index in [0.717, 1.165) is 23.6 Å². The monoisotopic (exact) mass is 341 g/mol. The van der Waals surface area contributed by atoms with Crippen molar-refractivity contribution in [1.29, 1.82) is 0 Å². The zero-order chi connectivity index (χ0) is 15.6. The molecule has 3 nitrogen and oxygen atoms in total. The van der Waals surface area contributed by atoms with Crippen LogP contribution in [0.4, 0.5) is 5.69 Å². The number of halogens is 1. The molecule has 1 saturated heterocycles. The number of fused-ring (bicyclic) bond motifs is 1. The van der Waals surface area contributed by atoms with Crippen molar-refractivity contribution in [2.45, 2.75) is 16.6 Å². The molecule has 0 amide bonds. The second kappa shape index (κ2) is 6.38. The molecule has 0 saturated carbocycles. The summed E-state index contributed by atoms with van der Waals surface area (Å²) in [5.41, 5.74) is 2.21. The van der Waals surface area contributed by atoms with E-state index in [4.69, 9.17) is 11.6 Å². The van der Waals surface area contributed by atoms with Gasteiger partial charge in [0.2, 0.25) is 0 Å². The highest BCUT2D eigenvalue weighted by Gasteiger charge is 2.24. The van der Waals surface area contributed by atoms with E-state index in [2.05, 4.69) is 33.1 Å². The third-order valence-corrected chi connectivity index (χ3v) is 5.59. The van der Waals surface area contributed by atoms with Crippen LogP contribution in [0.1, 0.15) is 6.42 Å². The summed E-state index contributed by atoms with van der Waals surface area (Å²) >= 11 is 8.00. The van der Waals surface area contributed by atoms with Crippen molar-refractivity contribution in [1.82, 2.24) is 9.97 Å². The van der Waals surface area contributed by atoms with Crippen molar-refractivity contribution < 1.29 is 0 Å². The Morgan fingerprint density at radius 3 is 3.04 bits per heavy atom. The normalized spacial score (nSPS) is 17.8. The molecule has 1 aliphatic heterocycles. The molecule has 3 aromatic rings. The van der Waals surface area contributed by atoms with Crippen molar-refractivity contribution in [3.8, 4) is 0 Å². The van der Waals surface area contributed by atoms with E-state index in [9.17, 15) is 0 Å². The van der Waals surface area contributed by atoms with Gasteiger partial charge in [-0.1, -0.05) is 17.7 Å². The third kappa shape index (κ3) is 3.14. The molecule has 1 aliphatic rings. The van der Waals surface area contributed by atoms with Gasteiger partial charge in [-0.3, -0.25) is 9.97 Å². The standard InChI is InChI=1S/C18H16ClN3S/c19-13-2-1-3-14(10-13)23-15-6-9-22(12-15)18-5-8-21-17-11-20-7-4-16(17)18/h1-5,7-8,10-11,15H,6,9,12H2. The van der Waals surface area contributed by atoms with E-state index in [1.54, 1.807) is 0 Å². The van der Waals surface area contributed by atoms with E-state index in [-0.39, 0.29) is 0 Å². The van der Waals surface area contributed by atoms with Gasteiger partial charge in [0.05, 0.1) is 11.7 Å². The quantitative estimate of drug-likeness (QED) is 0.693. The summed E-state index contributed by atoms with van der Waals surface area (Å²) in [6.07, 6.45) is 6.71. The van der Waals surface area contributed by atoms with E-state index >= 15 is 0 Å². The fourth-order valence-corrected chi connectivity index (χ4v) is 4.51. The van der Waals surface area contributed by atoms with Crippen LogP contribution in [0, 0.1) is 0 Å². The van der Waals surface area contributed by atoms with Gasteiger partial charge in [0, 0.05) is 51.7 Å². The Hall–Kier alpha value is -1.78. The topological polar surface area (TPSA) is 29.0 Å². The number of pyridine rings is 2. The Labute approximate surface area is 144 Å². The Balaban J connectivity index is 1.53. The van der Waals surface area contributed by atoms with Crippen LogP contribution in [-0.2, 0) is 0 Å². The number of hydrogen-bond acceptors (Lipinski definition) is 4. The molecule has 116 valence electrons. The number of benzene rings is 1. The summed E-state index contributed by atoms with van der Waals surface area (Å²) < 4.78 is 0. The predicted octanol–water partition coefficient (Wildman–Crippen LogP) is 4.65. The SMILES string of the molecule is Clc1cccc(SC2CCN(c3ccnc4cnccc34)C2)c1. The first-order chi connectivity index (χ1) is 11.3. The van der Waals surface area contributed by atoms with Crippen molar-refractivity contribution >= 4 is 40.0 Å². The van der Waals surface area contributed by atoms with Crippen LogP contribution in [0.5, 0.6) is 0 Å². The average molecular weight is 342 g/mol. The zero-order valence-corrected chi connectivity index (χ0v) is 14.1. The van der Waals surface area contributed by atoms with Crippen molar-refractivity contribution in [3.05, 3.63) is 60.0 Å². The number of hydrogen-bond donors (Lipinski definition) is 0. The van der Waals surface area contributed by atoms with E-state index in [0.29, 0.717) is 5.25 Å². The van der Waals surface area contributed by atoms with Crippen LogP contribution in [-0.4, -0.2) is 28.3 Å². The highest BCUT2D eigenvalue weighted by Crippen LogP contribution is 2.34. The minimum Gasteiger partial charge on any atom is -0.370 e. The fraction of sp³-hybridized carbons (Fsp3) is 0.222. The van der Waals surface area contributed by atoms with Gasteiger partial charge in [0.1, 0.15) is 0 Å². The number of anilines is 1. The molecule has 0 N–H and O–H groups in total. The molecule has 0 spiro atoms. The lowest BCUT2D eigenvalue weighted by molar-refractivity contribution is 0.966. The summed E-state index contributed by atoms with van der Waals surface area (Å²) in [5, 5.41) is 2.56. The Kier molecular flexibility index (Phi) is 4.10. The first-order valence-electron chi connectivity index (χ1n) is 7.65. The van der Waals surface area contributed by atoms with Gasteiger partial charge in [0.25, 0.3) is 0 Å². The molecule has 4 rings (SSSR count). The Morgan fingerprint density at radius 2 is 2.13 bits per heavy atom. The van der Waals surface area contributed by atoms with Gasteiger partial charge in [-0.25, -0.2) is 0 Å². The van der Waals surface area contributed by atoms with E-state index in [1.165, 1.54) is 22.4 Å². The van der Waals surface area contributed by atoms with Gasteiger partial charge in [-0.2, -0.15) is 0 Å². The molecule has 0 radical (unpaired) electrons. The maximum absolute atomic E-state index is 6.08. The maximum atomic E-state index is 6.08. The molecule has 5 heteroatoms. The number of aromatic nitrogens is 2. The Bertz CT molecular complexity index is 834. The smallest absolute Gasteiger partial charge is 0.0905 e. The first kappa shape index (κ1) is 14.8. The maximum Gasteiger partial charge on any atom is 0.0905 e. The van der Waals surface area contributed by atoms with Gasteiger partial charge in [0.15, 0.2) is 0 Å². The summed E-state index contributed by atoms with van der Waals surface area (Å²) in [6, 6.07) is 12.3. The lowest BCUT2D eigenvalue weighted by Crippen LogP contribution is -2.20. The third-order valence-electron chi connectivity index (χ3n) is 4.11. The number of thioether (sulfide) groups is 1. The molecule has 1 unspecified atom stereocenters. The highest BCUT2D eigenvalue weighted by molar-refractivity contribution is 8.00. The van der Waals surface area contributed by atoms with Gasteiger partial charge >= 0.3 is 0 Å². The van der Waals surface area contributed by atoms with Crippen molar-refractivity contribution in [3.63, 3.8) is 0 Å². The summed E-state index contributed by atoms with van der Waals surface area (Å²) in [5.74, 6) is 0. The summed E-state index contributed by atoms with van der Waals surface area (Å²) in [7, 11) is 0. The molecular formula is C18H16ClN3S. The minimum atomic E-state index is 0.582. The number of rotatable bonds is 3. The molecule has 23 heavy (non-hydrogen) atoms. The highest BCUT2D eigenvalue weighted by atomic mass is 35.5. The molecular weight excluding hydrogens is 326 g/mol. The van der Waals surface area contributed by atoms with E-state index < -0.39 is 0 Å². The van der Waals surface area contributed by atoms with Crippen molar-refractivity contribution in [2.24, 2.45) is 0 Å². The lowest BCUT2D eigenvalue weighted by atomic mass is 10.2. The molecule has 1 aromatic carbocycles. The largest absolute Gasteiger partial charge is 0.370 e. The molecule has 2 aromatic heterocycles. The molecule has 0 aliphatic carbocycles. The predicted molar refractivity (Wildman–Crippen MR) is 97.5 cm³/mol. The molecule has 1 atom stereocenters. The molecule has 0 bridgehead atoms. The van der Waals surface area contributed by atoms with E-state index in [1.807, 2.05) is 48.6 Å². The average Bonchev–Trinajstić information content (AvgIpc) is 3.02. The second-order valence-electron chi connectivity index (χ2n) is 5.65. The van der Waals surface area contributed by atoms with Crippen LogP contribution in [0.3, 0.4) is 0 Å². The molecule has 1 fully saturated rings. The second-order valence-corrected chi connectivity index (χ2v) is 7.47. The molecule has 3 heterocycles. The van der Waals surface area contributed by atoms with Gasteiger partial charge in [-0.15, -0.1) is 11.8 Å². The van der Waals surface area contributed by atoms with Crippen molar-refractivity contribution in [2.75, 3.05) is 18.0 Å².